The number of benzene rings is 1. The predicted molar refractivity (Wildman–Crippen MR) is 124 cm³/mol. The van der Waals surface area contributed by atoms with Crippen LogP contribution in [0.25, 0.3) is 0 Å². The summed E-state index contributed by atoms with van der Waals surface area (Å²) in [5.41, 5.74) is 11.0. The quantitative estimate of drug-likeness (QED) is 0.110. The minimum absolute atomic E-state index is 0.114. The largest absolute Gasteiger partial charge is 0.481 e. The summed E-state index contributed by atoms with van der Waals surface area (Å²) in [7, 11) is 0. The lowest BCUT2D eigenvalue weighted by atomic mass is 10.0. The van der Waals surface area contributed by atoms with Crippen molar-refractivity contribution in [3.8, 4) is 0 Å². The fraction of sp³-hybridized carbons (Fsp3) is 0.409. The summed E-state index contributed by atoms with van der Waals surface area (Å²) in [6.07, 6.45) is -2.72. The molecule has 0 saturated carbocycles. The minimum atomic E-state index is -1.76. The standard InChI is InChI=1S/C22H29N5O10/c23-12(9-16(24)28)19(33)26-14(10-18(31)32)21(35)25-13(6-7-17(29)30)20(34)27-15(22(36)37)8-11-4-2-1-3-5-11/h1-5,12-15H,6-10,23H2,(H2,24,28)(H,25,35)(H,26,33)(H,27,34)(H,29,30)(H,31,32)(H,36,37). The van der Waals surface area contributed by atoms with Crippen molar-refractivity contribution in [3.63, 3.8) is 0 Å². The van der Waals surface area contributed by atoms with Crippen molar-refractivity contribution >= 4 is 41.5 Å². The van der Waals surface area contributed by atoms with Gasteiger partial charge >= 0.3 is 17.9 Å². The Bertz CT molecular complexity index is 1020. The van der Waals surface area contributed by atoms with Crippen molar-refractivity contribution in [2.75, 3.05) is 0 Å². The molecule has 4 unspecified atom stereocenters. The molecule has 0 aliphatic heterocycles. The van der Waals surface area contributed by atoms with E-state index in [0.29, 0.717) is 5.56 Å². The normalized spacial score (nSPS) is 13.8. The van der Waals surface area contributed by atoms with E-state index in [2.05, 4.69) is 10.6 Å². The first-order valence-electron chi connectivity index (χ1n) is 11.0. The molecule has 0 fully saturated rings. The average Bonchev–Trinajstić information content (AvgIpc) is 2.80. The Kier molecular flexibility index (Phi) is 12.2. The molecule has 4 atom stereocenters. The molecule has 10 N–H and O–H groups in total. The van der Waals surface area contributed by atoms with Crippen LogP contribution in [0.2, 0.25) is 0 Å². The third-order valence-electron chi connectivity index (χ3n) is 4.95. The van der Waals surface area contributed by atoms with Gasteiger partial charge in [-0.25, -0.2) is 4.79 Å². The minimum Gasteiger partial charge on any atom is -0.481 e. The molecule has 37 heavy (non-hydrogen) atoms. The van der Waals surface area contributed by atoms with Crippen LogP contribution in [0.5, 0.6) is 0 Å². The van der Waals surface area contributed by atoms with E-state index < -0.39 is 91.4 Å². The van der Waals surface area contributed by atoms with Gasteiger partial charge in [-0.05, 0) is 12.0 Å². The Morgan fingerprint density at radius 2 is 1.27 bits per heavy atom. The molecule has 0 aliphatic carbocycles. The van der Waals surface area contributed by atoms with Crippen LogP contribution < -0.4 is 27.4 Å². The van der Waals surface area contributed by atoms with Crippen LogP contribution in [0.1, 0.15) is 31.2 Å². The van der Waals surface area contributed by atoms with E-state index >= 15 is 0 Å². The summed E-state index contributed by atoms with van der Waals surface area (Å²) in [5.74, 6) is -8.43. The first-order valence-corrected chi connectivity index (χ1v) is 11.0. The highest BCUT2D eigenvalue weighted by atomic mass is 16.4. The van der Waals surface area contributed by atoms with Crippen LogP contribution in [-0.2, 0) is 40.0 Å². The topological polar surface area (TPSA) is 268 Å². The molecule has 1 rings (SSSR count). The zero-order chi connectivity index (χ0) is 28.1. The molecule has 15 nitrogen and oxygen atoms in total. The third-order valence-corrected chi connectivity index (χ3v) is 4.95. The van der Waals surface area contributed by atoms with Crippen molar-refractivity contribution in [2.24, 2.45) is 11.5 Å². The summed E-state index contributed by atoms with van der Waals surface area (Å²) >= 11 is 0. The van der Waals surface area contributed by atoms with E-state index in [1.807, 2.05) is 5.32 Å². The van der Waals surface area contributed by atoms with Gasteiger partial charge in [-0.15, -0.1) is 0 Å². The van der Waals surface area contributed by atoms with Crippen LogP contribution in [0.15, 0.2) is 30.3 Å². The first kappa shape index (κ1) is 30.5. The molecule has 0 spiro atoms. The van der Waals surface area contributed by atoms with E-state index in [1.165, 1.54) is 0 Å². The van der Waals surface area contributed by atoms with Crippen molar-refractivity contribution in [2.45, 2.75) is 56.3 Å². The maximum Gasteiger partial charge on any atom is 0.326 e. The van der Waals surface area contributed by atoms with E-state index in [-0.39, 0.29) is 6.42 Å². The summed E-state index contributed by atoms with van der Waals surface area (Å²) < 4.78 is 0. The fourth-order valence-corrected chi connectivity index (χ4v) is 3.10. The second-order valence-electron chi connectivity index (χ2n) is 8.02. The summed E-state index contributed by atoms with van der Waals surface area (Å²) in [6.45, 7) is 0. The second kappa shape index (κ2) is 14.8. The van der Waals surface area contributed by atoms with Gasteiger partial charge in [0.05, 0.1) is 18.9 Å². The SMILES string of the molecule is NC(=O)CC(N)C(=O)NC(CC(=O)O)C(=O)NC(CCC(=O)O)C(=O)NC(Cc1ccccc1)C(=O)O. The molecule has 0 saturated heterocycles. The molecular weight excluding hydrogens is 494 g/mol. The summed E-state index contributed by atoms with van der Waals surface area (Å²) in [5, 5.41) is 34.1. The number of nitrogens with two attached hydrogens (primary N) is 2. The van der Waals surface area contributed by atoms with Crippen LogP contribution in [0, 0.1) is 0 Å². The molecule has 4 amide bonds. The highest BCUT2D eigenvalue weighted by Gasteiger charge is 2.32. The van der Waals surface area contributed by atoms with E-state index in [9.17, 15) is 38.7 Å². The highest BCUT2D eigenvalue weighted by Crippen LogP contribution is 2.06. The maximum absolute atomic E-state index is 12.8. The van der Waals surface area contributed by atoms with Crippen molar-refractivity contribution < 1.29 is 48.9 Å². The number of carbonyl (C=O) groups is 7. The molecule has 1 aromatic rings. The van der Waals surface area contributed by atoms with Crippen LogP contribution in [-0.4, -0.2) is 81.0 Å². The lowest BCUT2D eigenvalue weighted by Crippen LogP contribution is -2.58. The Labute approximate surface area is 210 Å². The van der Waals surface area contributed by atoms with E-state index in [1.54, 1.807) is 30.3 Å². The molecule has 0 aliphatic rings. The predicted octanol–water partition coefficient (Wildman–Crippen LogP) is -2.69. The summed E-state index contributed by atoms with van der Waals surface area (Å²) in [6, 6.07) is 2.04. The molecule has 0 aromatic heterocycles. The first-order chi connectivity index (χ1) is 17.3. The Hall–Kier alpha value is -4.53. The molecule has 0 bridgehead atoms. The lowest BCUT2D eigenvalue weighted by Gasteiger charge is -2.24. The number of carboxylic acids is 3. The number of rotatable bonds is 16. The number of carboxylic acid groups (broad SMARTS) is 3. The highest BCUT2D eigenvalue weighted by molar-refractivity contribution is 5.96. The number of carbonyl (C=O) groups excluding carboxylic acids is 4. The van der Waals surface area contributed by atoms with Gasteiger partial charge in [-0.3, -0.25) is 28.8 Å². The van der Waals surface area contributed by atoms with Crippen LogP contribution in [0.3, 0.4) is 0 Å². The van der Waals surface area contributed by atoms with Crippen molar-refractivity contribution in [3.05, 3.63) is 35.9 Å². The van der Waals surface area contributed by atoms with E-state index in [4.69, 9.17) is 21.7 Å². The van der Waals surface area contributed by atoms with Gasteiger partial charge in [0, 0.05) is 12.8 Å². The van der Waals surface area contributed by atoms with Crippen LogP contribution in [0.4, 0.5) is 0 Å². The monoisotopic (exact) mass is 523 g/mol. The Balaban J connectivity index is 3.05. The smallest absolute Gasteiger partial charge is 0.326 e. The molecule has 0 radical (unpaired) electrons. The number of hydrogen-bond acceptors (Lipinski definition) is 8. The van der Waals surface area contributed by atoms with Crippen molar-refractivity contribution in [1.29, 1.82) is 0 Å². The average molecular weight is 523 g/mol. The third kappa shape index (κ3) is 11.6. The summed E-state index contributed by atoms with van der Waals surface area (Å²) in [4.78, 5) is 82.7. The van der Waals surface area contributed by atoms with Crippen LogP contribution >= 0.6 is 0 Å². The number of aliphatic carboxylic acids is 3. The molecule has 202 valence electrons. The molecule has 15 heteroatoms. The number of primary amides is 1. The zero-order valence-electron chi connectivity index (χ0n) is 19.6. The zero-order valence-corrected chi connectivity index (χ0v) is 19.6. The van der Waals surface area contributed by atoms with Gasteiger partial charge in [0.25, 0.3) is 0 Å². The second-order valence-corrected chi connectivity index (χ2v) is 8.02. The maximum atomic E-state index is 12.8. The molecule has 1 aromatic carbocycles. The van der Waals surface area contributed by atoms with Gasteiger partial charge in [-0.2, -0.15) is 0 Å². The van der Waals surface area contributed by atoms with Gasteiger partial charge in [0.2, 0.25) is 23.6 Å². The fourth-order valence-electron chi connectivity index (χ4n) is 3.10. The Morgan fingerprint density at radius 1 is 0.730 bits per heavy atom. The number of amides is 4. The number of hydrogen-bond donors (Lipinski definition) is 8. The van der Waals surface area contributed by atoms with E-state index in [0.717, 1.165) is 0 Å². The lowest BCUT2D eigenvalue weighted by molar-refractivity contribution is -0.143. The molecule has 0 heterocycles. The van der Waals surface area contributed by atoms with Gasteiger partial charge < -0.3 is 42.7 Å². The Morgan fingerprint density at radius 3 is 1.78 bits per heavy atom. The number of nitrogens with one attached hydrogen (secondary N) is 3. The van der Waals surface area contributed by atoms with Gasteiger partial charge in [0.15, 0.2) is 0 Å². The van der Waals surface area contributed by atoms with Crippen molar-refractivity contribution in [1.82, 2.24) is 16.0 Å². The van der Waals surface area contributed by atoms with Gasteiger partial charge in [-0.1, -0.05) is 30.3 Å². The molecular formula is C22H29N5O10. The van der Waals surface area contributed by atoms with Gasteiger partial charge in [0.1, 0.15) is 18.1 Å².